The second kappa shape index (κ2) is 9.49. The van der Waals surface area contributed by atoms with Gasteiger partial charge in [0.05, 0.1) is 0 Å². The predicted octanol–water partition coefficient (Wildman–Crippen LogP) is 3.66. The summed E-state index contributed by atoms with van der Waals surface area (Å²) >= 11 is 0. The van der Waals surface area contributed by atoms with Gasteiger partial charge >= 0.3 is 0 Å². The van der Waals surface area contributed by atoms with Crippen molar-refractivity contribution in [3.63, 3.8) is 0 Å². The Balaban J connectivity index is 2.03. The van der Waals surface area contributed by atoms with E-state index in [9.17, 15) is 4.79 Å². The number of nitrogens with one attached hydrogen (secondary N) is 2. The maximum absolute atomic E-state index is 11.1. The van der Waals surface area contributed by atoms with E-state index in [-0.39, 0.29) is 0 Å². The Morgan fingerprint density at radius 2 is 1.88 bits per heavy atom. The van der Waals surface area contributed by atoms with Crippen molar-refractivity contribution in [1.82, 2.24) is 5.48 Å². The first-order chi connectivity index (χ1) is 12.2. The van der Waals surface area contributed by atoms with Crippen molar-refractivity contribution < 1.29 is 10.0 Å². The molecular formula is C20H25N3O2. The van der Waals surface area contributed by atoms with Crippen LogP contribution in [0.1, 0.15) is 25.0 Å². The molecule has 0 saturated carbocycles. The van der Waals surface area contributed by atoms with Crippen molar-refractivity contribution >= 4 is 23.4 Å². The van der Waals surface area contributed by atoms with Gasteiger partial charge in [0.1, 0.15) is 0 Å². The zero-order valence-electron chi connectivity index (χ0n) is 14.7. The summed E-state index contributed by atoms with van der Waals surface area (Å²) in [6.07, 6.45) is 2.95. The number of amides is 1. The molecule has 0 aliphatic rings. The number of benzene rings is 2. The number of nitrogens with zero attached hydrogens (tertiary/aromatic N) is 1. The van der Waals surface area contributed by atoms with Crippen LogP contribution in [0.2, 0.25) is 0 Å². The molecule has 0 atom stereocenters. The van der Waals surface area contributed by atoms with Crippen LogP contribution in [0.15, 0.2) is 54.6 Å². The minimum Gasteiger partial charge on any atom is -0.381 e. The van der Waals surface area contributed by atoms with Crippen LogP contribution in [0.4, 0.5) is 11.4 Å². The molecule has 0 bridgehead atoms. The normalized spacial score (nSPS) is 10.7. The maximum atomic E-state index is 11.1. The molecule has 0 aromatic heterocycles. The number of rotatable bonds is 8. The van der Waals surface area contributed by atoms with Gasteiger partial charge in [-0.05, 0) is 55.3 Å². The van der Waals surface area contributed by atoms with Crippen LogP contribution in [0, 0.1) is 0 Å². The lowest BCUT2D eigenvalue weighted by molar-refractivity contribution is -0.124. The summed E-state index contributed by atoms with van der Waals surface area (Å²) in [6.45, 7) is 6.96. The van der Waals surface area contributed by atoms with Crippen molar-refractivity contribution in [3.05, 3.63) is 65.7 Å². The average Bonchev–Trinajstić information content (AvgIpc) is 2.66. The summed E-state index contributed by atoms with van der Waals surface area (Å²) in [4.78, 5) is 13.4. The first-order valence-corrected chi connectivity index (χ1v) is 8.46. The number of hydrogen-bond donors (Lipinski definition) is 3. The molecule has 2 rings (SSSR count). The van der Waals surface area contributed by atoms with Gasteiger partial charge in [0.2, 0.25) is 0 Å². The highest BCUT2D eigenvalue weighted by atomic mass is 16.5. The fourth-order valence-corrected chi connectivity index (χ4v) is 2.62. The number of carbonyl (C=O) groups excluding carboxylic acids is 1. The van der Waals surface area contributed by atoms with Crippen molar-refractivity contribution in [3.8, 4) is 0 Å². The number of anilines is 2. The molecule has 2 aromatic rings. The lowest BCUT2D eigenvalue weighted by atomic mass is 10.1. The van der Waals surface area contributed by atoms with E-state index in [0.717, 1.165) is 29.9 Å². The van der Waals surface area contributed by atoms with Crippen LogP contribution in [-0.2, 0) is 11.3 Å². The van der Waals surface area contributed by atoms with Gasteiger partial charge in [-0.1, -0.05) is 24.3 Å². The van der Waals surface area contributed by atoms with Crippen LogP contribution in [0.5, 0.6) is 0 Å². The molecule has 0 aliphatic heterocycles. The summed E-state index contributed by atoms with van der Waals surface area (Å²) in [5.41, 5.74) is 5.88. The molecule has 0 heterocycles. The SMILES string of the molecule is CCN(CC)c1cccc(NCc2cccc(/C=C/C(=O)NO)c2)c1. The molecule has 25 heavy (non-hydrogen) atoms. The lowest BCUT2D eigenvalue weighted by Gasteiger charge is -2.21. The highest BCUT2D eigenvalue weighted by Gasteiger charge is 2.02. The average molecular weight is 339 g/mol. The summed E-state index contributed by atoms with van der Waals surface area (Å²) in [5, 5.41) is 11.9. The van der Waals surface area contributed by atoms with Gasteiger partial charge in [-0.15, -0.1) is 0 Å². The van der Waals surface area contributed by atoms with E-state index in [1.807, 2.05) is 24.3 Å². The van der Waals surface area contributed by atoms with Crippen LogP contribution in [-0.4, -0.2) is 24.2 Å². The predicted molar refractivity (Wildman–Crippen MR) is 103 cm³/mol. The molecule has 0 spiro atoms. The standard InChI is InChI=1S/C20H25N3O2/c1-3-23(4-2)19-10-6-9-18(14-19)21-15-17-8-5-7-16(13-17)11-12-20(24)22-25/h5-14,21,25H,3-4,15H2,1-2H3,(H,22,24)/b12-11+. The molecule has 5 nitrogen and oxygen atoms in total. The second-order valence-electron chi connectivity index (χ2n) is 5.63. The maximum Gasteiger partial charge on any atom is 0.267 e. The van der Waals surface area contributed by atoms with Gasteiger partial charge < -0.3 is 10.2 Å². The minimum absolute atomic E-state index is 0.545. The monoisotopic (exact) mass is 339 g/mol. The third kappa shape index (κ3) is 5.65. The van der Waals surface area contributed by atoms with Crippen molar-refractivity contribution in [2.75, 3.05) is 23.3 Å². The van der Waals surface area contributed by atoms with Gasteiger partial charge in [-0.2, -0.15) is 0 Å². The van der Waals surface area contributed by atoms with Crippen LogP contribution >= 0.6 is 0 Å². The zero-order chi connectivity index (χ0) is 18.1. The summed E-state index contributed by atoms with van der Waals surface area (Å²) in [6, 6.07) is 16.3. The second-order valence-corrected chi connectivity index (χ2v) is 5.63. The zero-order valence-corrected chi connectivity index (χ0v) is 14.7. The molecule has 0 saturated heterocycles. The molecule has 0 unspecified atom stereocenters. The Labute approximate surface area is 148 Å². The van der Waals surface area contributed by atoms with Gasteiger partial charge in [0.15, 0.2) is 0 Å². The Bertz CT molecular complexity index is 724. The van der Waals surface area contributed by atoms with Crippen LogP contribution in [0.25, 0.3) is 6.08 Å². The highest BCUT2D eigenvalue weighted by molar-refractivity contribution is 5.90. The van der Waals surface area contributed by atoms with E-state index in [2.05, 4.69) is 48.3 Å². The number of carbonyl (C=O) groups is 1. The molecule has 2 aromatic carbocycles. The molecule has 132 valence electrons. The van der Waals surface area contributed by atoms with Crippen molar-refractivity contribution in [2.45, 2.75) is 20.4 Å². The minimum atomic E-state index is -0.545. The molecule has 1 amide bonds. The Kier molecular flexibility index (Phi) is 7.04. The fraction of sp³-hybridized carbons (Fsp3) is 0.250. The first kappa shape index (κ1) is 18.5. The van der Waals surface area contributed by atoms with Crippen LogP contribution in [0.3, 0.4) is 0 Å². The van der Waals surface area contributed by atoms with E-state index in [4.69, 9.17) is 5.21 Å². The Morgan fingerprint density at radius 3 is 2.60 bits per heavy atom. The highest BCUT2D eigenvalue weighted by Crippen LogP contribution is 2.20. The molecule has 0 aliphatic carbocycles. The topological polar surface area (TPSA) is 64.6 Å². The Morgan fingerprint density at radius 1 is 1.12 bits per heavy atom. The van der Waals surface area contributed by atoms with Gasteiger partial charge in [0, 0.05) is 37.1 Å². The van der Waals surface area contributed by atoms with Crippen molar-refractivity contribution in [1.29, 1.82) is 0 Å². The van der Waals surface area contributed by atoms with Gasteiger partial charge in [0.25, 0.3) is 5.91 Å². The summed E-state index contributed by atoms with van der Waals surface area (Å²) in [7, 11) is 0. The van der Waals surface area contributed by atoms with E-state index in [1.165, 1.54) is 11.8 Å². The van der Waals surface area contributed by atoms with Crippen LogP contribution < -0.4 is 15.7 Å². The smallest absolute Gasteiger partial charge is 0.267 e. The fourth-order valence-electron chi connectivity index (χ4n) is 2.62. The molecular weight excluding hydrogens is 314 g/mol. The Hall–Kier alpha value is -2.79. The summed E-state index contributed by atoms with van der Waals surface area (Å²) in [5.74, 6) is -0.545. The molecule has 0 fully saturated rings. The lowest BCUT2D eigenvalue weighted by Crippen LogP contribution is -2.21. The molecule has 0 radical (unpaired) electrons. The van der Waals surface area contributed by atoms with E-state index >= 15 is 0 Å². The van der Waals surface area contributed by atoms with E-state index in [1.54, 1.807) is 11.6 Å². The largest absolute Gasteiger partial charge is 0.381 e. The van der Waals surface area contributed by atoms with Gasteiger partial charge in [-0.25, -0.2) is 5.48 Å². The first-order valence-electron chi connectivity index (χ1n) is 8.46. The molecule has 3 N–H and O–H groups in total. The quantitative estimate of drug-likeness (QED) is 0.390. The number of hydrogen-bond acceptors (Lipinski definition) is 4. The van der Waals surface area contributed by atoms with Crippen molar-refractivity contribution in [2.24, 2.45) is 0 Å². The molecule has 5 heteroatoms. The third-order valence-corrected chi connectivity index (χ3v) is 3.96. The summed E-state index contributed by atoms with van der Waals surface area (Å²) < 4.78 is 0. The van der Waals surface area contributed by atoms with Gasteiger partial charge in [-0.3, -0.25) is 10.0 Å². The number of hydroxylamine groups is 1. The third-order valence-electron chi connectivity index (χ3n) is 3.96. The van der Waals surface area contributed by atoms with E-state index < -0.39 is 5.91 Å². The van der Waals surface area contributed by atoms with E-state index in [0.29, 0.717) is 6.54 Å².